The molecule has 1 heterocycles. The van der Waals surface area contributed by atoms with Gasteiger partial charge in [-0.05, 0) is 12.0 Å². The molecule has 0 aliphatic heterocycles. The third kappa shape index (κ3) is 2.18. The summed E-state index contributed by atoms with van der Waals surface area (Å²) in [6, 6.07) is 0. The second-order valence-corrected chi connectivity index (χ2v) is 3.56. The second-order valence-electron chi connectivity index (χ2n) is 3.56. The summed E-state index contributed by atoms with van der Waals surface area (Å²) in [4.78, 5) is 30.1. The molecule has 1 aromatic rings. The third-order valence-corrected chi connectivity index (χ3v) is 2.27. The fourth-order valence-corrected chi connectivity index (χ4v) is 1.58. The van der Waals surface area contributed by atoms with Crippen LogP contribution >= 0.6 is 0 Å². The number of carbonyl (C=O) groups excluding carboxylic acids is 2. The van der Waals surface area contributed by atoms with Crippen LogP contribution in [0.4, 0.5) is 5.95 Å². The molecular formula is C10H11N3O2. The molecule has 5 heteroatoms. The van der Waals surface area contributed by atoms with Gasteiger partial charge in [-0.15, -0.1) is 0 Å². The van der Waals surface area contributed by atoms with E-state index in [0.29, 0.717) is 25.2 Å². The van der Waals surface area contributed by atoms with E-state index in [0.717, 1.165) is 11.3 Å². The molecule has 5 nitrogen and oxygen atoms in total. The molecule has 0 fully saturated rings. The van der Waals surface area contributed by atoms with Crippen molar-refractivity contribution in [2.45, 2.75) is 26.2 Å². The van der Waals surface area contributed by atoms with E-state index in [1.54, 1.807) is 6.20 Å². The van der Waals surface area contributed by atoms with Crippen LogP contribution in [-0.2, 0) is 22.4 Å². The number of anilines is 1. The standard InChI is InChI=1S/C10H11N3O2/c1-6(14)12-10-11-5-7-4-8(15)2-3-9(7)13-10/h5H,2-4H2,1H3,(H,11,12,13,14). The molecule has 0 unspecified atom stereocenters. The van der Waals surface area contributed by atoms with Gasteiger partial charge in [-0.25, -0.2) is 9.97 Å². The fraction of sp³-hybridized carbons (Fsp3) is 0.400. The molecule has 78 valence electrons. The summed E-state index contributed by atoms with van der Waals surface area (Å²) in [5, 5.41) is 2.52. The van der Waals surface area contributed by atoms with Crippen LogP contribution in [0.1, 0.15) is 24.6 Å². The lowest BCUT2D eigenvalue weighted by Crippen LogP contribution is -2.17. The number of Topliss-reactive ketones (excluding diaryl/α,β-unsaturated/α-hetero) is 1. The van der Waals surface area contributed by atoms with E-state index in [2.05, 4.69) is 15.3 Å². The molecule has 1 N–H and O–H groups in total. The van der Waals surface area contributed by atoms with E-state index < -0.39 is 0 Å². The van der Waals surface area contributed by atoms with Gasteiger partial charge in [0.15, 0.2) is 0 Å². The molecule has 0 saturated carbocycles. The molecule has 1 amide bonds. The predicted octanol–water partition coefficient (Wildman–Crippen LogP) is 0.493. The van der Waals surface area contributed by atoms with Crippen molar-refractivity contribution in [3.05, 3.63) is 17.5 Å². The molecule has 15 heavy (non-hydrogen) atoms. The summed E-state index contributed by atoms with van der Waals surface area (Å²) in [7, 11) is 0. The van der Waals surface area contributed by atoms with Gasteiger partial charge in [0, 0.05) is 26.0 Å². The number of aryl methyl sites for hydroxylation is 1. The molecule has 2 rings (SSSR count). The Labute approximate surface area is 86.9 Å². The number of aromatic nitrogens is 2. The molecule has 1 aliphatic carbocycles. The SMILES string of the molecule is CC(=O)Nc1ncc2c(n1)CCC(=O)C2. The summed E-state index contributed by atoms with van der Waals surface area (Å²) in [5.74, 6) is 0.343. The maximum Gasteiger partial charge on any atom is 0.229 e. The minimum absolute atomic E-state index is 0.193. The van der Waals surface area contributed by atoms with Crippen molar-refractivity contribution < 1.29 is 9.59 Å². The summed E-state index contributed by atoms with van der Waals surface area (Å²) < 4.78 is 0. The van der Waals surface area contributed by atoms with E-state index >= 15 is 0 Å². The quantitative estimate of drug-likeness (QED) is 0.724. The summed E-state index contributed by atoms with van der Waals surface area (Å²) in [5.41, 5.74) is 1.74. The number of hydrogen-bond acceptors (Lipinski definition) is 4. The van der Waals surface area contributed by atoms with Crippen molar-refractivity contribution in [3.8, 4) is 0 Å². The molecule has 0 spiro atoms. The molecule has 0 saturated heterocycles. The molecule has 1 aromatic heterocycles. The maximum atomic E-state index is 11.2. The van der Waals surface area contributed by atoms with Crippen LogP contribution in [0, 0.1) is 0 Å². The molecule has 0 bridgehead atoms. The number of fused-ring (bicyclic) bond motifs is 1. The first kappa shape index (κ1) is 9.76. The fourth-order valence-electron chi connectivity index (χ4n) is 1.58. The Morgan fingerprint density at radius 2 is 2.27 bits per heavy atom. The predicted molar refractivity (Wildman–Crippen MR) is 53.4 cm³/mol. The third-order valence-electron chi connectivity index (χ3n) is 2.27. The van der Waals surface area contributed by atoms with Crippen LogP contribution in [-0.4, -0.2) is 21.7 Å². The number of nitrogens with one attached hydrogen (secondary N) is 1. The normalized spacial score (nSPS) is 14.6. The first-order valence-corrected chi connectivity index (χ1v) is 4.79. The van der Waals surface area contributed by atoms with Gasteiger partial charge in [0.05, 0.1) is 5.69 Å². The monoisotopic (exact) mass is 205 g/mol. The molecule has 0 aromatic carbocycles. The molecule has 1 aliphatic rings. The Morgan fingerprint density at radius 1 is 1.47 bits per heavy atom. The van der Waals surface area contributed by atoms with Crippen molar-refractivity contribution in [1.82, 2.24) is 9.97 Å². The number of rotatable bonds is 1. The first-order chi connectivity index (χ1) is 7.15. The van der Waals surface area contributed by atoms with Gasteiger partial charge in [-0.2, -0.15) is 0 Å². The van der Waals surface area contributed by atoms with E-state index in [4.69, 9.17) is 0 Å². The lowest BCUT2D eigenvalue weighted by atomic mass is 9.96. The van der Waals surface area contributed by atoms with Crippen LogP contribution in [0.3, 0.4) is 0 Å². The zero-order valence-corrected chi connectivity index (χ0v) is 8.41. The second kappa shape index (κ2) is 3.76. The number of ketones is 1. The van der Waals surface area contributed by atoms with E-state index in [-0.39, 0.29) is 11.7 Å². The Bertz CT molecular complexity index is 429. The first-order valence-electron chi connectivity index (χ1n) is 4.79. The largest absolute Gasteiger partial charge is 0.299 e. The Morgan fingerprint density at radius 3 is 3.00 bits per heavy atom. The highest BCUT2D eigenvalue weighted by atomic mass is 16.1. The lowest BCUT2D eigenvalue weighted by molar-refractivity contribution is -0.119. The Hall–Kier alpha value is -1.78. The van der Waals surface area contributed by atoms with Crippen molar-refractivity contribution in [2.24, 2.45) is 0 Å². The summed E-state index contributed by atoms with van der Waals surface area (Å²) >= 11 is 0. The van der Waals surface area contributed by atoms with E-state index in [1.165, 1.54) is 6.92 Å². The average molecular weight is 205 g/mol. The van der Waals surface area contributed by atoms with Crippen molar-refractivity contribution in [3.63, 3.8) is 0 Å². The summed E-state index contributed by atoms with van der Waals surface area (Å²) in [6.45, 7) is 1.41. The van der Waals surface area contributed by atoms with Gasteiger partial charge in [0.25, 0.3) is 0 Å². The van der Waals surface area contributed by atoms with Crippen molar-refractivity contribution in [1.29, 1.82) is 0 Å². The Kier molecular flexibility index (Phi) is 2.45. The smallest absolute Gasteiger partial charge is 0.229 e. The van der Waals surface area contributed by atoms with Gasteiger partial charge < -0.3 is 0 Å². The van der Waals surface area contributed by atoms with Gasteiger partial charge in [-0.1, -0.05) is 0 Å². The highest BCUT2D eigenvalue weighted by molar-refractivity contribution is 5.87. The molecule has 0 radical (unpaired) electrons. The number of hydrogen-bond donors (Lipinski definition) is 1. The van der Waals surface area contributed by atoms with Gasteiger partial charge >= 0.3 is 0 Å². The van der Waals surface area contributed by atoms with Crippen LogP contribution < -0.4 is 5.32 Å². The van der Waals surface area contributed by atoms with Crippen LogP contribution in [0.15, 0.2) is 6.20 Å². The van der Waals surface area contributed by atoms with Gasteiger partial charge in [0.2, 0.25) is 11.9 Å². The zero-order chi connectivity index (χ0) is 10.8. The van der Waals surface area contributed by atoms with E-state index in [1.807, 2.05) is 0 Å². The molecule has 0 atom stereocenters. The highest BCUT2D eigenvalue weighted by Crippen LogP contribution is 2.17. The van der Waals surface area contributed by atoms with Crippen LogP contribution in [0.25, 0.3) is 0 Å². The van der Waals surface area contributed by atoms with E-state index in [9.17, 15) is 9.59 Å². The number of carbonyl (C=O) groups is 2. The maximum absolute atomic E-state index is 11.2. The lowest BCUT2D eigenvalue weighted by Gasteiger charge is -2.13. The number of nitrogens with zero attached hydrogens (tertiary/aromatic N) is 2. The zero-order valence-electron chi connectivity index (χ0n) is 8.41. The van der Waals surface area contributed by atoms with Crippen molar-refractivity contribution >= 4 is 17.6 Å². The molecular weight excluding hydrogens is 194 g/mol. The van der Waals surface area contributed by atoms with Crippen LogP contribution in [0.5, 0.6) is 0 Å². The number of amides is 1. The van der Waals surface area contributed by atoms with Gasteiger partial charge in [-0.3, -0.25) is 14.9 Å². The van der Waals surface area contributed by atoms with Gasteiger partial charge in [0.1, 0.15) is 5.78 Å². The Balaban J connectivity index is 2.26. The average Bonchev–Trinajstić information content (AvgIpc) is 2.17. The summed E-state index contributed by atoms with van der Waals surface area (Å²) in [6.07, 6.45) is 3.20. The van der Waals surface area contributed by atoms with Crippen molar-refractivity contribution in [2.75, 3.05) is 5.32 Å². The topological polar surface area (TPSA) is 72.0 Å². The van der Waals surface area contributed by atoms with Crippen LogP contribution in [0.2, 0.25) is 0 Å². The minimum Gasteiger partial charge on any atom is -0.299 e. The highest BCUT2D eigenvalue weighted by Gasteiger charge is 2.17. The minimum atomic E-state index is -0.193.